The summed E-state index contributed by atoms with van der Waals surface area (Å²) in [6.07, 6.45) is -3.36. The molecular formula is C23H24N3O15P3. The Balaban J connectivity index is 1.60. The van der Waals surface area contributed by atoms with E-state index in [2.05, 4.69) is 18.1 Å². The predicted octanol–water partition coefficient (Wildman–Crippen LogP) is 1.07. The number of nitrogens with zero attached hydrogens (tertiary/aromatic N) is 3. The lowest BCUT2D eigenvalue weighted by molar-refractivity contribution is -0.0453. The van der Waals surface area contributed by atoms with Crippen LogP contribution in [0.5, 0.6) is 0 Å². The van der Waals surface area contributed by atoms with Crippen LogP contribution in [0.1, 0.15) is 33.4 Å². The van der Waals surface area contributed by atoms with Crippen LogP contribution in [0, 0.1) is 0 Å². The third-order valence-electron chi connectivity index (χ3n) is 5.82. The number of carbonyl (C=O) groups is 2. The summed E-state index contributed by atoms with van der Waals surface area (Å²) in [5, 5.41) is 10.4. The maximum atomic E-state index is 13.6. The molecule has 0 radical (unpaired) electrons. The van der Waals surface area contributed by atoms with Gasteiger partial charge in [-0.15, -0.1) is 0 Å². The minimum absolute atomic E-state index is 0.0808. The first-order valence-electron chi connectivity index (χ1n) is 12.3. The van der Waals surface area contributed by atoms with Gasteiger partial charge in [0, 0.05) is 23.7 Å². The highest BCUT2D eigenvalue weighted by Crippen LogP contribution is 2.66. The Morgan fingerprint density at radius 1 is 0.886 bits per heavy atom. The Morgan fingerprint density at radius 3 is 2.07 bits per heavy atom. The van der Waals surface area contributed by atoms with Crippen molar-refractivity contribution in [1.82, 2.24) is 9.13 Å². The standard InChI is InChI=1S/C23H24N3O15P3/c27-17-13-20(39-18(17)14-38-43(34,35)41-44(36,37)40-42(31,32)33)25-12-11-19(24-21(28)15-7-3-1-4-8-15)26(23(25)30)22(29)16-9-5-2-6-10-16/h1-12,17-18,20,27H,13-14H2,(H,34,35)(H,36,37)(H2,31,32,33)/t17-,18+,20+/m0/s1. The number of benzene rings is 2. The summed E-state index contributed by atoms with van der Waals surface area (Å²) in [5.74, 6) is -1.58. The summed E-state index contributed by atoms with van der Waals surface area (Å²) in [7, 11) is -16.9. The topological polar surface area (TPSA) is 263 Å². The molecule has 1 saturated heterocycles. The van der Waals surface area contributed by atoms with Crippen molar-refractivity contribution < 1.29 is 65.8 Å². The fourth-order valence-electron chi connectivity index (χ4n) is 3.96. The number of hydrogen-bond acceptors (Lipinski definition) is 11. The van der Waals surface area contributed by atoms with E-state index in [0.29, 0.717) is 4.57 Å². The SMILES string of the molecule is O=C(N=c1ccn([C@H]2C[C@H](O)[C@@H](COP(=O)(O)OP(=O)(O)OP(=O)(O)O)O2)c(=O)n1C(=O)c1ccccc1)c1ccccc1. The molecular weight excluding hydrogens is 651 g/mol. The molecule has 4 rings (SSSR count). The lowest BCUT2D eigenvalue weighted by Crippen LogP contribution is -2.45. The van der Waals surface area contributed by atoms with E-state index in [9.17, 15) is 43.0 Å². The average Bonchev–Trinajstić information content (AvgIpc) is 3.30. The number of carbonyl (C=O) groups excluding carboxylic acids is 2. The van der Waals surface area contributed by atoms with Gasteiger partial charge < -0.3 is 29.4 Å². The highest BCUT2D eigenvalue weighted by molar-refractivity contribution is 7.66. The van der Waals surface area contributed by atoms with Crippen LogP contribution in [0.3, 0.4) is 0 Å². The Kier molecular flexibility index (Phi) is 10.3. The molecule has 21 heteroatoms. The molecule has 2 unspecified atom stereocenters. The number of aromatic nitrogens is 2. The molecule has 5 N–H and O–H groups in total. The van der Waals surface area contributed by atoms with Gasteiger partial charge in [-0.05, 0) is 30.3 Å². The molecule has 3 aromatic rings. The van der Waals surface area contributed by atoms with Gasteiger partial charge in [0.15, 0.2) is 0 Å². The summed E-state index contributed by atoms with van der Waals surface area (Å²) in [6, 6.07) is 16.7. The maximum absolute atomic E-state index is 13.6. The number of ether oxygens (including phenoxy) is 1. The van der Waals surface area contributed by atoms with Crippen LogP contribution in [0.15, 0.2) is 82.7 Å². The fourth-order valence-corrected chi connectivity index (χ4v) is 6.99. The number of hydrogen-bond donors (Lipinski definition) is 5. The summed E-state index contributed by atoms with van der Waals surface area (Å²) < 4.78 is 53.2. The fraction of sp³-hybridized carbons (Fsp3) is 0.217. The van der Waals surface area contributed by atoms with Crippen molar-refractivity contribution in [3.63, 3.8) is 0 Å². The van der Waals surface area contributed by atoms with Crippen molar-refractivity contribution in [3.05, 3.63) is 100 Å². The number of aliphatic hydroxyl groups excluding tert-OH is 1. The zero-order valence-corrected chi connectivity index (χ0v) is 24.8. The second-order valence-corrected chi connectivity index (χ2v) is 13.4. The second kappa shape index (κ2) is 13.4. The van der Waals surface area contributed by atoms with E-state index in [1.807, 2.05) is 0 Å². The van der Waals surface area contributed by atoms with Crippen molar-refractivity contribution in [2.45, 2.75) is 24.9 Å². The Hall–Kier alpha value is -3.21. The van der Waals surface area contributed by atoms with E-state index in [1.54, 1.807) is 36.4 Å². The number of phosphoric acid groups is 3. The van der Waals surface area contributed by atoms with Gasteiger partial charge in [-0.1, -0.05) is 36.4 Å². The van der Waals surface area contributed by atoms with E-state index in [1.165, 1.54) is 30.3 Å². The molecule has 0 bridgehead atoms. The minimum Gasteiger partial charge on any atom is -0.390 e. The lowest BCUT2D eigenvalue weighted by Gasteiger charge is -2.19. The molecule has 1 aromatic heterocycles. The molecule has 1 aliphatic heterocycles. The minimum atomic E-state index is -5.77. The van der Waals surface area contributed by atoms with E-state index >= 15 is 0 Å². The van der Waals surface area contributed by atoms with Crippen molar-refractivity contribution in [1.29, 1.82) is 0 Å². The quantitative estimate of drug-likeness (QED) is 0.188. The Morgan fingerprint density at radius 2 is 1.48 bits per heavy atom. The normalized spacial score (nSPS) is 21.8. The highest BCUT2D eigenvalue weighted by atomic mass is 31.3. The van der Waals surface area contributed by atoms with Crippen LogP contribution < -0.4 is 11.2 Å². The summed E-state index contributed by atoms with van der Waals surface area (Å²) >= 11 is 0. The van der Waals surface area contributed by atoms with Crippen LogP contribution in [-0.4, -0.2) is 64.4 Å². The van der Waals surface area contributed by atoms with Gasteiger partial charge in [0.25, 0.3) is 11.8 Å². The van der Waals surface area contributed by atoms with Crippen LogP contribution in [0.4, 0.5) is 0 Å². The van der Waals surface area contributed by atoms with Crippen molar-refractivity contribution >= 4 is 35.3 Å². The number of phosphoric ester groups is 1. The van der Waals surface area contributed by atoms with Crippen LogP contribution >= 0.6 is 23.5 Å². The zero-order valence-electron chi connectivity index (χ0n) is 22.1. The van der Waals surface area contributed by atoms with Crippen LogP contribution in [0.25, 0.3) is 0 Å². The summed E-state index contributed by atoms with van der Waals surface area (Å²) in [5.41, 5.74) is -1.06. The second-order valence-electron chi connectivity index (χ2n) is 8.97. The van der Waals surface area contributed by atoms with Gasteiger partial charge in [0.2, 0.25) is 0 Å². The van der Waals surface area contributed by atoms with Gasteiger partial charge in [-0.3, -0.25) is 18.7 Å². The predicted molar refractivity (Wildman–Crippen MR) is 146 cm³/mol. The molecule has 18 nitrogen and oxygen atoms in total. The van der Waals surface area contributed by atoms with Crippen LogP contribution in [-0.2, 0) is 31.6 Å². The number of amides is 1. The first kappa shape index (κ1) is 33.7. The van der Waals surface area contributed by atoms with Crippen molar-refractivity contribution in [2.24, 2.45) is 4.99 Å². The molecule has 44 heavy (non-hydrogen) atoms. The molecule has 1 fully saturated rings. The highest BCUT2D eigenvalue weighted by Gasteiger charge is 2.43. The molecule has 1 aliphatic rings. The van der Waals surface area contributed by atoms with Gasteiger partial charge in [0.1, 0.15) is 17.8 Å². The van der Waals surface area contributed by atoms with Gasteiger partial charge >= 0.3 is 29.2 Å². The third-order valence-corrected chi connectivity index (χ3v) is 9.62. The van der Waals surface area contributed by atoms with E-state index in [0.717, 1.165) is 10.8 Å². The van der Waals surface area contributed by atoms with E-state index in [-0.39, 0.29) is 23.0 Å². The smallest absolute Gasteiger partial charge is 0.390 e. The Labute approximate surface area is 246 Å². The van der Waals surface area contributed by atoms with Gasteiger partial charge in [-0.25, -0.2) is 23.1 Å². The van der Waals surface area contributed by atoms with E-state index in [4.69, 9.17) is 14.5 Å². The molecule has 0 saturated carbocycles. The maximum Gasteiger partial charge on any atom is 0.490 e. The summed E-state index contributed by atoms with van der Waals surface area (Å²) in [4.78, 5) is 79.9. The zero-order chi connectivity index (χ0) is 32.3. The average molecular weight is 675 g/mol. The number of aliphatic hydroxyl groups is 1. The first-order chi connectivity index (χ1) is 20.6. The van der Waals surface area contributed by atoms with Crippen molar-refractivity contribution in [3.8, 4) is 0 Å². The van der Waals surface area contributed by atoms with Crippen LogP contribution in [0.2, 0.25) is 0 Å². The molecule has 0 spiro atoms. The molecule has 0 aliphatic carbocycles. The van der Waals surface area contributed by atoms with Crippen molar-refractivity contribution in [2.75, 3.05) is 6.61 Å². The molecule has 1 amide bonds. The van der Waals surface area contributed by atoms with E-state index < -0.39 is 66.0 Å². The largest absolute Gasteiger partial charge is 0.490 e. The van der Waals surface area contributed by atoms with Gasteiger partial charge in [-0.2, -0.15) is 13.6 Å². The molecule has 236 valence electrons. The first-order valence-corrected chi connectivity index (χ1v) is 16.8. The monoisotopic (exact) mass is 675 g/mol. The molecule has 2 heterocycles. The Bertz CT molecular complexity index is 1810. The molecule has 2 aromatic carbocycles. The summed E-state index contributed by atoms with van der Waals surface area (Å²) in [6.45, 7) is -0.974. The van der Waals surface area contributed by atoms with Gasteiger partial charge in [0.05, 0.1) is 12.7 Å². The lowest BCUT2D eigenvalue weighted by atomic mass is 10.2. The molecule has 5 atom stereocenters. The third kappa shape index (κ3) is 8.70. The number of rotatable bonds is 10.